The molecule has 0 atom stereocenters. The quantitative estimate of drug-likeness (QED) is 0.687. The van der Waals surface area contributed by atoms with Crippen molar-refractivity contribution in [1.29, 1.82) is 0 Å². The first-order chi connectivity index (χ1) is 12.1. The number of aromatic nitrogens is 6. The highest BCUT2D eigenvalue weighted by atomic mass is 15.4. The molecule has 1 saturated heterocycles. The van der Waals surface area contributed by atoms with E-state index in [0.717, 1.165) is 55.2 Å². The zero-order valence-corrected chi connectivity index (χ0v) is 14.7. The summed E-state index contributed by atoms with van der Waals surface area (Å²) in [5.74, 6) is 3.44. The van der Waals surface area contributed by atoms with Crippen LogP contribution in [0.2, 0.25) is 0 Å². The van der Waals surface area contributed by atoms with Crippen LogP contribution in [0.25, 0.3) is 5.65 Å². The number of nitrogens with zero attached hydrogens (tertiary/aromatic N) is 9. The van der Waals surface area contributed by atoms with Crippen molar-refractivity contribution in [3.05, 3.63) is 30.2 Å². The lowest BCUT2D eigenvalue weighted by Gasteiger charge is -2.35. The van der Waals surface area contributed by atoms with Crippen LogP contribution >= 0.6 is 0 Å². The van der Waals surface area contributed by atoms with Crippen molar-refractivity contribution >= 4 is 23.2 Å². The molecule has 1 fully saturated rings. The van der Waals surface area contributed by atoms with Gasteiger partial charge in [-0.25, -0.2) is 4.98 Å². The van der Waals surface area contributed by atoms with Gasteiger partial charge in [-0.2, -0.15) is 9.50 Å². The van der Waals surface area contributed by atoms with Crippen molar-refractivity contribution in [1.82, 2.24) is 29.8 Å². The van der Waals surface area contributed by atoms with Gasteiger partial charge < -0.3 is 14.7 Å². The van der Waals surface area contributed by atoms with Crippen LogP contribution in [0.1, 0.15) is 5.82 Å². The first kappa shape index (κ1) is 15.6. The summed E-state index contributed by atoms with van der Waals surface area (Å²) in [6, 6.07) is 5.88. The average Bonchev–Trinajstić information content (AvgIpc) is 3.02. The summed E-state index contributed by atoms with van der Waals surface area (Å²) in [7, 11) is 3.97. The molecule has 130 valence electrons. The minimum Gasteiger partial charge on any atom is -0.363 e. The van der Waals surface area contributed by atoms with Gasteiger partial charge in [-0.05, 0) is 25.1 Å². The fourth-order valence-electron chi connectivity index (χ4n) is 2.93. The van der Waals surface area contributed by atoms with E-state index in [1.807, 2.05) is 50.3 Å². The Bertz CT molecular complexity index is 880. The highest BCUT2D eigenvalue weighted by molar-refractivity contribution is 5.48. The lowest BCUT2D eigenvalue weighted by atomic mass is 10.3. The van der Waals surface area contributed by atoms with Gasteiger partial charge in [0.1, 0.15) is 11.6 Å². The number of piperazine rings is 1. The van der Waals surface area contributed by atoms with Crippen LogP contribution in [0.4, 0.5) is 17.6 Å². The van der Waals surface area contributed by atoms with Crippen LogP contribution in [0.15, 0.2) is 24.4 Å². The molecular weight excluding hydrogens is 318 g/mol. The molecule has 0 radical (unpaired) electrons. The molecule has 25 heavy (non-hydrogen) atoms. The van der Waals surface area contributed by atoms with E-state index >= 15 is 0 Å². The van der Waals surface area contributed by atoms with Crippen molar-refractivity contribution in [3.63, 3.8) is 0 Å². The van der Waals surface area contributed by atoms with Gasteiger partial charge in [-0.15, -0.1) is 15.3 Å². The van der Waals surface area contributed by atoms with Gasteiger partial charge in [-0.3, -0.25) is 0 Å². The number of hydrogen-bond acceptors (Lipinski definition) is 8. The maximum Gasteiger partial charge on any atom is 0.227 e. The van der Waals surface area contributed by atoms with Gasteiger partial charge in [0.2, 0.25) is 5.95 Å². The fraction of sp³-hybridized carbons (Fsp3) is 0.438. The Morgan fingerprint density at radius 2 is 1.72 bits per heavy atom. The normalized spacial score (nSPS) is 15.0. The number of aryl methyl sites for hydroxylation is 1. The molecule has 0 aliphatic carbocycles. The van der Waals surface area contributed by atoms with E-state index < -0.39 is 0 Å². The summed E-state index contributed by atoms with van der Waals surface area (Å²) < 4.78 is 1.78. The Morgan fingerprint density at radius 1 is 0.960 bits per heavy atom. The van der Waals surface area contributed by atoms with Crippen molar-refractivity contribution < 1.29 is 0 Å². The van der Waals surface area contributed by atoms with E-state index in [2.05, 4.69) is 35.1 Å². The van der Waals surface area contributed by atoms with E-state index in [9.17, 15) is 0 Å². The van der Waals surface area contributed by atoms with Crippen molar-refractivity contribution in [2.45, 2.75) is 6.92 Å². The zero-order chi connectivity index (χ0) is 17.4. The summed E-state index contributed by atoms with van der Waals surface area (Å²) in [6.45, 7) is 5.36. The first-order valence-electron chi connectivity index (χ1n) is 8.31. The lowest BCUT2D eigenvalue weighted by molar-refractivity contribution is 0.628. The number of anilines is 3. The Balaban J connectivity index is 1.49. The van der Waals surface area contributed by atoms with Crippen LogP contribution < -0.4 is 14.7 Å². The third-order valence-corrected chi connectivity index (χ3v) is 4.38. The summed E-state index contributed by atoms with van der Waals surface area (Å²) in [5, 5.41) is 12.8. The molecule has 3 aromatic rings. The molecule has 0 unspecified atom stereocenters. The highest BCUT2D eigenvalue weighted by Gasteiger charge is 2.21. The summed E-state index contributed by atoms with van der Waals surface area (Å²) in [5.41, 5.74) is 0.772. The Labute approximate surface area is 145 Å². The van der Waals surface area contributed by atoms with E-state index in [0.29, 0.717) is 0 Å². The minimum absolute atomic E-state index is 0.772. The predicted octanol–water partition coefficient (Wildman–Crippen LogP) is 0.615. The first-order valence-corrected chi connectivity index (χ1v) is 8.31. The van der Waals surface area contributed by atoms with E-state index in [-0.39, 0.29) is 0 Å². The minimum atomic E-state index is 0.772. The molecule has 0 amide bonds. The summed E-state index contributed by atoms with van der Waals surface area (Å²) in [6.07, 6.45) is 1.81. The van der Waals surface area contributed by atoms with Crippen LogP contribution in [-0.2, 0) is 0 Å². The van der Waals surface area contributed by atoms with E-state index in [4.69, 9.17) is 0 Å². The molecule has 1 aliphatic heterocycles. The van der Waals surface area contributed by atoms with Crippen LogP contribution in [0.5, 0.6) is 0 Å². The largest absolute Gasteiger partial charge is 0.363 e. The number of rotatable bonds is 3. The molecule has 0 spiro atoms. The SMILES string of the molecule is Cc1nnc2ccc(N3CCN(c4nccc(N(C)C)n4)CC3)nn12. The van der Waals surface area contributed by atoms with Gasteiger partial charge in [0.15, 0.2) is 11.5 Å². The van der Waals surface area contributed by atoms with Gasteiger partial charge in [-0.1, -0.05) is 0 Å². The lowest BCUT2D eigenvalue weighted by Crippen LogP contribution is -2.47. The molecule has 9 heteroatoms. The zero-order valence-electron chi connectivity index (χ0n) is 14.7. The number of hydrogen-bond donors (Lipinski definition) is 0. The summed E-state index contributed by atoms with van der Waals surface area (Å²) >= 11 is 0. The monoisotopic (exact) mass is 339 g/mol. The molecule has 4 heterocycles. The second-order valence-corrected chi connectivity index (χ2v) is 6.29. The highest BCUT2D eigenvalue weighted by Crippen LogP contribution is 2.18. The maximum atomic E-state index is 4.65. The van der Waals surface area contributed by atoms with E-state index in [1.54, 1.807) is 4.52 Å². The molecule has 0 bridgehead atoms. The Kier molecular flexibility index (Phi) is 3.83. The van der Waals surface area contributed by atoms with Gasteiger partial charge >= 0.3 is 0 Å². The Morgan fingerprint density at radius 3 is 2.48 bits per heavy atom. The van der Waals surface area contributed by atoms with Gasteiger partial charge in [0, 0.05) is 46.5 Å². The molecule has 0 N–H and O–H groups in total. The average molecular weight is 339 g/mol. The van der Waals surface area contributed by atoms with Crippen LogP contribution in [0.3, 0.4) is 0 Å². The second kappa shape index (κ2) is 6.15. The van der Waals surface area contributed by atoms with Crippen molar-refractivity contribution in [2.75, 3.05) is 55.0 Å². The predicted molar refractivity (Wildman–Crippen MR) is 96.3 cm³/mol. The number of fused-ring (bicyclic) bond motifs is 1. The maximum absolute atomic E-state index is 4.65. The van der Waals surface area contributed by atoms with Crippen LogP contribution in [-0.4, -0.2) is 70.1 Å². The fourth-order valence-corrected chi connectivity index (χ4v) is 2.93. The molecular formula is C16H21N9. The van der Waals surface area contributed by atoms with Crippen LogP contribution in [0, 0.1) is 6.92 Å². The second-order valence-electron chi connectivity index (χ2n) is 6.29. The third kappa shape index (κ3) is 2.92. The van der Waals surface area contributed by atoms with Gasteiger partial charge in [0.25, 0.3) is 0 Å². The smallest absolute Gasteiger partial charge is 0.227 e. The molecule has 4 rings (SSSR count). The van der Waals surface area contributed by atoms with Crippen molar-refractivity contribution in [2.24, 2.45) is 0 Å². The summed E-state index contributed by atoms with van der Waals surface area (Å²) in [4.78, 5) is 15.5. The van der Waals surface area contributed by atoms with Crippen molar-refractivity contribution in [3.8, 4) is 0 Å². The third-order valence-electron chi connectivity index (χ3n) is 4.38. The Hall–Kier alpha value is -2.97. The molecule has 0 saturated carbocycles. The standard InChI is InChI=1S/C16H21N9/c1-12-19-20-14-4-5-15(21-25(12)14)23-8-10-24(11-9-23)16-17-7-6-13(18-16)22(2)3/h4-7H,8-11H2,1-3H3. The van der Waals surface area contributed by atoms with E-state index in [1.165, 1.54) is 0 Å². The topological polar surface area (TPSA) is 78.6 Å². The molecule has 3 aromatic heterocycles. The van der Waals surface area contributed by atoms with Gasteiger partial charge in [0.05, 0.1) is 0 Å². The molecule has 9 nitrogen and oxygen atoms in total. The molecule has 0 aromatic carbocycles. The molecule has 1 aliphatic rings.